The van der Waals surface area contributed by atoms with Crippen LogP contribution in [0.4, 0.5) is 0 Å². The highest BCUT2D eigenvalue weighted by Gasteiger charge is 2.15. The number of phenolic OH excluding ortho intramolecular Hbond substituents is 1. The van der Waals surface area contributed by atoms with E-state index in [-0.39, 0.29) is 5.75 Å². The smallest absolute Gasteiger partial charge is 0.115 e. The number of aromatic hydroxyl groups is 1. The zero-order valence-corrected chi connectivity index (χ0v) is 11.9. The fraction of sp³-hybridized carbons (Fsp3) is 0. The SMILES string of the molecule is Oc1ccc(-c2c(-c3ccns3)[nH]c3ccccc23)cc1. The Labute approximate surface area is 125 Å². The molecule has 21 heavy (non-hydrogen) atoms. The van der Waals surface area contributed by atoms with Crippen LogP contribution in [0.1, 0.15) is 0 Å². The summed E-state index contributed by atoms with van der Waals surface area (Å²) < 4.78 is 4.20. The molecule has 0 saturated heterocycles. The third kappa shape index (κ3) is 2.00. The number of nitrogens with one attached hydrogen (secondary N) is 1. The first-order valence-electron chi connectivity index (χ1n) is 6.64. The van der Waals surface area contributed by atoms with Crippen molar-refractivity contribution in [3.8, 4) is 27.4 Å². The highest BCUT2D eigenvalue weighted by Crippen LogP contribution is 2.39. The minimum Gasteiger partial charge on any atom is -0.508 e. The fourth-order valence-corrected chi connectivity index (χ4v) is 3.20. The quantitative estimate of drug-likeness (QED) is 0.564. The lowest BCUT2D eigenvalue weighted by Crippen LogP contribution is -1.79. The maximum atomic E-state index is 9.50. The van der Waals surface area contributed by atoms with Gasteiger partial charge in [0.05, 0.1) is 10.6 Å². The Kier molecular flexibility index (Phi) is 2.75. The van der Waals surface area contributed by atoms with Crippen molar-refractivity contribution in [2.24, 2.45) is 0 Å². The molecule has 2 aromatic heterocycles. The fourth-order valence-electron chi connectivity index (χ4n) is 2.60. The van der Waals surface area contributed by atoms with Crippen molar-refractivity contribution in [3.63, 3.8) is 0 Å². The molecule has 0 atom stereocenters. The second-order valence-electron chi connectivity index (χ2n) is 4.84. The maximum absolute atomic E-state index is 9.50. The van der Waals surface area contributed by atoms with Crippen molar-refractivity contribution in [1.29, 1.82) is 0 Å². The van der Waals surface area contributed by atoms with E-state index in [1.165, 1.54) is 16.9 Å². The van der Waals surface area contributed by atoms with E-state index < -0.39 is 0 Å². The van der Waals surface area contributed by atoms with Gasteiger partial charge in [-0.1, -0.05) is 30.3 Å². The molecule has 0 unspecified atom stereocenters. The van der Waals surface area contributed by atoms with Crippen LogP contribution in [-0.4, -0.2) is 14.5 Å². The van der Waals surface area contributed by atoms with E-state index >= 15 is 0 Å². The number of fused-ring (bicyclic) bond motifs is 1. The van der Waals surface area contributed by atoms with Crippen molar-refractivity contribution < 1.29 is 5.11 Å². The maximum Gasteiger partial charge on any atom is 0.115 e. The van der Waals surface area contributed by atoms with Gasteiger partial charge in [0.1, 0.15) is 5.75 Å². The van der Waals surface area contributed by atoms with Gasteiger partial charge >= 0.3 is 0 Å². The summed E-state index contributed by atoms with van der Waals surface area (Å²) in [6, 6.07) is 17.6. The predicted octanol–water partition coefficient (Wildman–Crippen LogP) is 4.66. The molecule has 4 heteroatoms. The third-order valence-electron chi connectivity index (χ3n) is 3.55. The number of rotatable bonds is 2. The number of benzene rings is 2. The molecular formula is C17H12N2OS. The van der Waals surface area contributed by atoms with Gasteiger partial charge < -0.3 is 10.1 Å². The zero-order chi connectivity index (χ0) is 14.2. The molecule has 4 aromatic rings. The Morgan fingerprint density at radius 3 is 2.52 bits per heavy atom. The normalized spacial score (nSPS) is 11.0. The molecule has 2 heterocycles. The molecule has 0 aliphatic heterocycles. The summed E-state index contributed by atoms with van der Waals surface area (Å²) in [4.78, 5) is 4.59. The summed E-state index contributed by atoms with van der Waals surface area (Å²) >= 11 is 1.47. The van der Waals surface area contributed by atoms with Crippen LogP contribution in [-0.2, 0) is 0 Å². The lowest BCUT2D eigenvalue weighted by molar-refractivity contribution is 0.475. The molecule has 2 N–H and O–H groups in total. The highest BCUT2D eigenvalue weighted by molar-refractivity contribution is 7.09. The summed E-state index contributed by atoms with van der Waals surface area (Å²) in [5.74, 6) is 0.276. The van der Waals surface area contributed by atoms with Crippen LogP contribution >= 0.6 is 11.5 Å². The minimum absolute atomic E-state index is 0.276. The van der Waals surface area contributed by atoms with Gasteiger partial charge in [0, 0.05) is 22.7 Å². The average Bonchev–Trinajstić information content (AvgIpc) is 3.15. The Morgan fingerprint density at radius 2 is 1.76 bits per heavy atom. The molecule has 0 radical (unpaired) electrons. The van der Waals surface area contributed by atoms with Gasteiger partial charge in [-0.25, -0.2) is 4.37 Å². The Morgan fingerprint density at radius 1 is 0.952 bits per heavy atom. The molecule has 0 aliphatic carbocycles. The predicted molar refractivity (Wildman–Crippen MR) is 86.5 cm³/mol. The topological polar surface area (TPSA) is 48.9 Å². The van der Waals surface area contributed by atoms with E-state index in [1.807, 2.05) is 36.5 Å². The largest absolute Gasteiger partial charge is 0.508 e. The molecule has 0 bridgehead atoms. The molecule has 0 fully saturated rings. The number of H-pyrrole nitrogens is 1. The molecule has 0 saturated carbocycles. The van der Waals surface area contributed by atoms with E-state index in [1.54, 1.807) is 12.1 Å². The molecule has 0 amide bonds. The number of nitrogens with zero attached hydrogens (tertiary/aromatic N) is 1. The lowest BCUT2D eigenvalue weighted by Gasteiger charge is -2.04. The summed E-state index contributed by atoms with van der Waals surface area (Å²) in [6.07, 6.45) is 1.81. The van der Waals surface area contributed by atoms with Crippen LogP contribution in [0.3, 0.4) is 0 Å². The van der Waals surface area contributed by atoms with Crippen molar-refractivity contribution in [2.75, 3.05) is 0 Å². The second kappa shape index (κ2) is 4.75. The van der Waals surface area contributed by atoms with Crippen LogP contribution in [0, 0.1) is 0 Å². The summed E-state index contributed by atoms with van der Waals surface area (Å²) in [7, 11) is 0. The van der Waals surface area contributed by atoms with Crippen molar-refractivity contribution in [2.45, 2.75) is 0 Å². The Balaban J connectivity index is 2.05. The van der Waals surface area contributed by atoms with E-state index in [9.17, 15) is 5.11 Å². The van der Waals surface area contributed by atoms with Crippen LogP contribution in [0.2, 0.25) is 0 Å². The number of hydrogen-bond donors (Lipinski definition) is 2. The highest BCUT2D eigenvalue weighted by atomic mass is 32.1. The zero-order valence-electron chi connectivity index (χ0n) is 11.1. The molecule has 0 spiro atoms. The summed E-state index contributed by atoms with van der Waals surface area (Å²) in [6.45, 7) is 0. The van der Waals surface area contributed by atoms with Gasteiger partial charge in [-0.05, 0) is 41.4 Å². The molecule has 0 aliphatic rings. The van der Waals surface area contributed by atoms with Gasteiger partial charge in [-0.15, -0.1) is 0 Å². The molecular weight excluding hydrogens is 280 g/mol. The summed E-state index contributed by atoms with van der Waals surface area (Å²) in [5.41, 5.74) is 4.40. The van der Waals surface area contributed by atoms with E-state index in [0.29, 0.717) is 0 Å². The number of phenols is 1. The minimum atomic E-state index is 0.276. The second-order valence-corrected chi connectivity index (χ2v) is 5.68. The van der Waals surface area contributed by atoms with Gasteiger partial charge in [0.2, 0.25) is 0 Å². The Bertz CT molecular complexity index is 892. The molecule has 2 aromatic carbocycles. The summed E-state index contributed by atoms with van der Waals surface area (Å²) in [5, 5.41) is 10.7. The molecule has 102 valence electrons. The van der Waals surface area contributed by atoms with Crippen molar-refractivity contribution >= 4 is 22.4 Å². The van der Waals surface area contributed by atoms with E-state index in [0.717, 1.165) is 27.2 Å². The van der Waals surface area contributed by atoms with Crippen LogP contribution < -0.4 is 0 Å². The Hall–Kier alpha value is -2.59. The first kappa shape index (κ1) is 12.2. The van der Waals surface area contributed by atoms with Gasteiger partial charge in [0.25, 0.3) is 0 Å². The number of aromatic nitrogens is 2. The van der Waals surface area contributed by atoms with Gasteiger partial charge in [-0.3, -0.25) is 0 Å². The average molecular weight is 292 g/mol. The number of para-hydroxylation sites is 1. The third-order valence-corrected chi connectivity index (χ3v) is 4.31. The lowest BCUT2D eigenvalue weighted by atomic mass is 10.0. The number of hydrogen-bond acceptors (Lipinski definition) is 3. The first-order valence-corrected chi connectivity index (χ1v) is 7.41. The van der Waals surface area contributed by atoms with E-state index in [4.69, 9.17) is 0 Å². The first-order chi connectivity index (χ1) is 10.3. The van der Waals surface area contributed by atoms with Crippen LogP contribution in [0.15, 0.2) is 60.8 Å². The van der Waals surface area contributed by atoms with Crippen molar-refractivity contribution in [3.05, 3.63) is 60.8 Å². The van der Waals surface area contributed by atoms with Crippen molar-refractivity contribution in [1.82, 2.24) is 9.36 Å². The van der Waals surface area contributed by atoms with Gasteiger partial charge in [-0.2, -0.15) is 0 Å². The van der Waals surface area contributed by atoms with Crippen LogP contribution in [0.5, 0.6) is 5.75 Å². The monoisotopic (exact) mass is 292 g/mol. The number of aromatic amines is 1. The standard InChI is InChI=1S/C17H12N2OS/c20-12-7-5-11(6-8-12)16-13-3-1-2-4-14(13)19-17(16)15-9-10-18-21-15/h1-10,19-20H. The molecule has 3 nitrogen and oxygen atoms in total. The van der Waals surface area contributed by atoms with E-state index in [2.05, 4.69) is 21.5 Å². The molecule has 4 rings (SSSR count). The van der Waals surface area contributed by atoms with Gasteiger partial charge in [0.15, 0.2) is 0 Å². The van der Waals surface area contributed by atoms with Crippen LogP contribution in [0.25, 0.3) is 32.6 Å².